The third-order valence-corrected chi connectivity index (χ3v) is 5.00. The average molecular weight is 290 g/mol. The van der Waals surface area contributed by atoms with Crippen molar-refractivity contribution in [2.75, 3.05) is 0 Å². The Balaban J connectivity index is 1.87. The first-order valence-electron chi connectivity index (χ1n) is 6.97. The fraction of sp³-hybridized carbons (Fsp3) is 0.0526. The summed E-state index contributed by atoms with van der Waals surface area (Å²) in [4.78, 5) is 0.993. The molecule has 1 aromatic heterocycles. The van der Waals surface area contributed by atoms with E-state index in [4.69, 9.17) is 0 Å². The summed E-state index contributed by atoms with van der Waals surface area (Å²) in [7, 11) is 0. The van der Waals surface area contributed by atoms with Crippen LogP contribution >= 0.6 is 11.3 Å². The van der Waals surface area contributed by atoms with Crippen LogP contribution in [-0.2, 0) is 0 Å². The van der Waals surface area contributed by atoms with E-state index in [0.29, 0.717) is 0 Å². The van der Waals surface area contributed by atoms with Crippen molar-refractivity contribution in [2.24, 2.45) is 0 Å². The molecule has 0 amide bonds. The van der Waals surface area contributed by atoms with E-state index in [2.05, 4.69) is 36.4 Å². The van der Waals surface area contributed by atoms with Gasteiger partial charge in [-0.1, -0.05) is 60.7 Å². The summed E-state index contributed by atoms with van der Waals surface area (Å²) < 4.78 is 1.21. The van der Waals surface area contributed by atoms with E-state index < -0.39 is 6.10 Å². The van der Waals surface area contributed by atoms with Crippen LogP contribution in [0.2, 0.25) is 0 Å². The van der Waals surface area contributed by atoms with Gasteiger partial charge in [0.15, 0.2) is 0 Å². The van der Waals surface area contributed by atoms with Crippen molar-refractivity contribution in [3.8, 4) is 0 Å². The summed E-state index contributed by atoms with van der Waals surface area (Å²) >= 11 is 1.66. The van der Waals surface area contributed by atoms with Crippen LogP contribution in [0.4, 0.5) is 0 Å². The molecule has 0 bridgehead atoms. The maximum Gasteiger partial charge on any atom is 0.114 e. The first kappa shape index (κ1) is 12.6. The highest BCUT2D eigenvalue weighted by molar-refractivity contribution is 7.19. The molecule has 21 heavy (non-hydrogen) atoms. The molecular weight excluding hydrogens is 276 g/mol. The highest BCUT2D eigenvalue weighted by atomic mass is 32.1. The largest absolute Gasteiger partial charge is 0.383 e. The van der Waals surface area contributed by atoms with Gasteiger partial charge in [0, 0.05) is 9.58 Å². The van der Waals surface area contributed by atoms with Crippen molar-refractivity contribution < 1.29 is 5.11 Å². The minimum absolute atomic E-state index is 0.575. The van der Waals surface area contributed by atoms with E-state index in [1.165, 1.54) is 10.1 Å². The molecule has 0 aliphatic rings. The number of aliphatic hydroxyl groups is 1. The maximum atomic E-state index is 10.8. The van der Waals surface area contributed by atoms with Gasteiger partial charge in [-0.2, -0.15) is 0 Å². The van der Waals surface area contributed by atoms with Crippen LogP contribution in [0, 0.1) is 0 Å². The van der Waals surface area contributed by atoms with Crippen molar-refractivity contribution >= 4 is 32.2 Å². The quantitative estimate of drug-likeness (QED) is 0.542. The van der Waals surface area contributed by atoms with Gasteiger partial charge in [0.2, 0.25) is 0 Å². The molecule has 1 atom stereocenters. The molecule has 1 heterocycles. The molecule has 1 N–H and O–H groups in total. The number of fused-ring (bicyclic) bond motifs is 2. The van der Waals surface area contributed by atoms with E-state index in [0.717, 1.165) is 21.2 Å². The van der Waals surface area contributed by atoms with E-state index in [9.17, 15) is 5.11 Å². The highest BCUT2D eigenvalue weighted by Gasteiger charge is 2.15. The van der Waals surface area contributed by atoms with Crippen LogP contribution in [0.5, 0.6) is 0 Å². The van der Waals surface area contributed by atoms with Gasteiger partial charge in [0.1, 0.15) is 6.10 Å². The van der Waals surface area contributed by atoms with Gasteiger partial charge in [-0.15, -0.1) is 11.3 Å². The number of rotatable bonds is 2. The minimum atomic E-state index is -0.575. The van der Waals surface area contributed by atoms with Gasteiger partial charge >= 0.3 is 0 Å². The topological polar surface area (TPSA) is 20.2 Å². The van der Waals surface area contributed by atoms with Crippen molar-refractivity contribution in [1.29, 1.82) is 0 Å². The lowest BCUT2D eigenvalue weighted by Gasteiger charge is -2.12. The first-order valence-corrected chi connectivity index (χ1v) is 7.79. The molecular formula is C19H14OS. The summed E-state index contributed by atoms with van der Waals surface area (Å²) in [5, 5.41) is 14.3. The Kier molecular flexibility index (Phi) is 2.99. The van der Waals surface area contributed by atoms with Gasteiger partial charge in [-0.25, -0.2) is 0 Å². The predicted octanol–water partition coefficient (Wildman–Crippen LogP) is 5.14. The molecule has 4 rings (SSSR count). The number of hydrogen-bond donors (Lipinski definition) is 1. The van der Waals surface area contributed by atoms with Gasteiger partial charge in [0.25, 0.3) is 0 Å². The number of hydrogen-bond acceptors (Lipinski definition) is 2. The third kappa shape index (κ3) is 2.13. The molecule has 0 saturated heterocycles. The van der Waals surface area contributed by atoms with Crippen molar-refractivity contribution in [2.45, 2.75) is 6.10 Å². The normalized spacial score (nSPS) is 12.8. The lowest BCUT2D eigenvalue weighted by molar-refractivity contribution is 0.226. The minimum Gasteiger partial charge on any atom is -0.383 e. The van der Waals surface area contributed by atoms with Crippen molar-refractivity contribution in [3.05, 3.63) is 83.2 Å². The molecule has 0 saturated carbocycles. The van der Waals surface area contributed by atoms with E-state index in [1.54, 1.807) is 11.3 Å². The van der Waals surface area contributed by atoms with Gasteiger partial charge in [0.05, 0.1) is 0 Å². The molecule has 2 heteroatoms. The van der Waals surface area contributed by atoms with Crippen LogP contribution in [0.1, 0.15) is 16.5 Å². The number of benzene rings is 3. The fourth-order valence-electron chi connectivity index (χ4n) is 2.78. The summed E-state index contributed by atoms with van der Waals surface area (Å²) in [6, 6.07) is 24.6. The third-order valence-electron chi connectivity index (χ3n) is 3.83. The van der Waals surface area contributed by atoms with E-state index in [-0.39, 0.29) is 0 Å². The Morgan fingerprint density at radius 2 is 1.48 bits per heavy atom. The second-order valence-corrected chi connectivity index (χ2v) is 6.27. The molecule has 0 aliphatic heterocycles. The second-order valence-electron chi connectivity index (χ2n) is 5.16. The number of thiophene rings is 1. The zero-order valence-corrected chi connectivity index (χ0v) is 12.2. The Morgan fingerprint density at radius 1 is 0.762 bits per heavy atom. The Hall–Kier alpha value is -2.16. The summed E-state index contributed by atoms with van der Waals surface area (Å²) in [5.74, 6) is 0. The van der Waals surface area contributed by atoms with Gasteiger partial charge in [-0.3, -0.25) is 0 Å². The second kappa shape index (κ2) is 4.99. The molecule has 3 aromatic carbocycles. The predicted molar refractivity (Wildman–Crippen MR) is 89.8 cm³/mol. The zero-order chi connectivity index (χ0) is 14.2. The average Bonchev–Trinajstić information content (AvgIpc) is 2.97. The summed E-state index contributed by atoms with van der Waals surface area (Å²) in [6.07, 6.45) is -0.575. The zero-order valence-electron chi connectivity index (χ0n) is 11.4. The maximum absolute atomic E-state index is 10.8. The smallest absolute Gasteiger partial charge is 0.114 e. The summed E-state index contributed by atoms with van der Waals surface area (Å²) in [5.41, 5.74) is 0.972. The highest BCUT2D eigenvalue weighted by Crippen LogP contribution is 2.35. The molecule has 1 nitrogen and oxygen atoms in total. The summed E-state index contributed by atoms with van der Waals surface area (Å²) in [6.45, 7) is 0. The van der Waals surface area contributed by atoms with E-state index >= 15 is 0 Å². The Bertz CT molecular complexity index is 885. The van der Waals surface area contributed by atoms with Crippen molar-refractivity contribution in [1.82, 2.24) is 0 Å². The van der Waals surface area contributed by atoms with Gasteiger partial charge in [-0.05, 0) is 33.9 Å². The fourth-order valence-corrected chi connectivity index (χ4v) is 3.85. The lowest BCUT2D eigenvalue weighted by Crippen LogP contribution is -1.97. The van der Waals surface area contributed by atoms with E-state index in [1.807, 2.05) is 36.4 Å². The van der Waals surface area contributed by atoms with Gasteiger partial charge < -0.3 is 5.11 Å². The first-order chi connectivity index (χ1) is 10.3. The molecule has 0 radical (unpaired) electrons. The van der Waals surface area contributed by atoms with Crippen LogP contribution < -0.4 is 0 Å². The Labute approximate surface area is 127 Å². The van der Waals surface area contributed by atoms with Crippen molar-refractivity contribution in [3.63, 3.8) is 0 Å². The molecule has 0 fully saturated rings. The monoisotopic (exact) mass is 290 g/mol. The Morgan fingerprint density at radius 3 is 2.33 bits per heavy atom. The van der Waals surface area contributed by atoms with Crippen LogP contribution in [0.3, 0.4) is 0 Å². The van der Waals surface area contributed by atoms with Crippen LogP contribution in [0.15, 0.2) is 72.8 Å². The van der Waals surface area contributed by atoms with Crippen LogP contribution in [-0.4, -0.2) is 5.11 Å². The SMILES string of the molecule is OC(c1cc2ccccc2s1)c1cccc2ccccc12. The van der Waals surface area contributed by atoms with Crippen LogP contribution in [0.25, 0.3) is 20.9 Å². The molecule has 4 aromatic rings. The lowest BCUT2D eigenvalue weighted by atomic mass is 9.99. The molecule has 0 spiro atoms. The molecule has 1 unspecified atom stereocenters. The number of aliphatic hydroxyl groups excluding tert-OH is 1. The molecule has 0 aliphatic carbocycles. The standard InChI is InChI=1S/C19H14OS/c20-19(18-12-14-7-2-4-11-17(14)21-18)16-10-5-8-13-6-1-3-9-15(13)16/h1-12,19-20H. The molecule has 102 valence electrons.